The molecule has 0 aliphatic rings. The van der Waals surface area contributed by atoms with Crippen LogP contribution in [0.2, 0.25) is 0 Å². The molecule has 0 radical (unpaired) electrons. The van der Waals surface area contributed by atoms with Crippen LogP contribution in [0.25, 0.3) is 11.3 Å². The van der Waals surface area contributed by atoms with E-state index in [4.69, 9.17) is 0 Å². The van der Waals surface area contributed by atoms with Crippen molar-refractivity contribution in [2.24, 2.45) is 7.05 Å². The number of aryl methyl sites for hydroxylation is 2. The fraction of sp³-hybridized carbons (Fsp3) is 0.150. The quantitative estimate of drug-likeness (QED) is 0.755. The molecular formula is C20H20N4O2. The van der Waals surface area contributed by atoms with E-state index in [-0.39, 0.29) is 11.6 Å². The SMILES string of the molecule is CCc1ccccc1NC(=O)Nc1ccc(-c2ccc(=O)n(C)n2)cc1. The number of nitrogens with one attached hydrogen (secondary N) is 2. The zero-order valence-corrected chi connectivity index (χ0v) is 14.7. The zero-order chi connectivity index (χ0) is 18.5. The number of nitrogens with zero attached hydrogens (tertiary/aromatic N) is 2. The molecule has 2 amide bonds. The molecule has 3 aromatic rings. The summed E-state index contributed by atoms with van der Waals surface area (Å²) in [6, 6.07) is 17.9. The van der Waals surface area contributed by atoms with Crippen molar-refractivity contribution >= 4 is 17.4 Å². The number of rotatable bonds is 4. The number of hydrogen-bond acceptors (Lipinski definition) is 3. The third-order valence-electron chi connectivity index (χ3n) is 4.05. The van der Waals surface area contributed by atoms with Gasteiger partial charge in [0.25, 0.3) is 5.56 Å². The van der Waals surface area contributed by atoms with E-state index < -0.39 is 0 Å². The van der Waals surface area contributed by atoms with E-state index in [0.29, 0.717) is 11.4 Å². The maximum atomic E-state index is 12.2. The summed E-state index contributed by atoms with van der Waals surface area (Å²) in [6.07, 6.45) is 0.845. The van der Waals surface area contributed by atoms with Crippen LogP contribution in [0.4, 0.5) is 16.2 Å². The third kappa shape index (κ3) is 3.97. The maximum absolute atomic E-state index is 12.2. The van der Waals surface area contributed by atoms with Gasteiger partial charge in [-0.25, -0.2) is 9.48 Å². The van der Waals surface area contributed by atoms with E-state index in [2.05, 4.69) is 15.7 Å². The molecule has 2 aromatic carbocycles. The van der Waals surface area contributed by atoms with Crippen LogP contribution in [0.3, 0.4) is 0 Å². The summed E-state index contributed by atoms with van der Waals surface area (Å²) < 4.78 is 1.29. The zero-order valence-electron chi connectivity index (χ0n) is 14.7. The predicted octanol–water partition coefficient (Wildman–Crippen LogP) is 3.65. The van der Waals surface area contributed by atoms with E-state index in [1.807, 2.05) is 43.3 Å². The molecule has 3 rings (SSSR count). The Balaban J connectivity index is 1.70. The molecule has 0 fully saturated rings. The summed E-state index contributed by atoms with van der Waals surface area (Å²) in [6.45, 7) is 2.05. The summed E-state index contributed by atoms with van der Waals surface area (Å²) >= 11 is 0. The summed E-state index contributed by atoms with van der Waals surface area (Å²) in [7, 11) is 1.61. The number of carbonyl (C=O) groups is 1. The van der Waals surface area contributed by atoms with Gasteiger partial charge in [-0.3, -0.25) is 4.79 Å². The molecule has 0 saturated heterocycles. The Morgan fingerprint density at radius 3 is 2.42 bits per heavy atom. The van der Waals surface area contributed by atoms with Gasteiger partial charge in [-0.2, -0.15) is 5.10 Å². The second-order valence-electron chi connectivity index (χ2n) is 5.85. The summed E-state index contributed by atoms with van der Waals surface area (Å²) in [5, 5.41) is 9.90. The predicted molar refractivity (Wildman–Crippen MR) is 103 cm³/mol. The number of urea groups is 1. The normalized spacial score (nSPS) is 10.4. The van der Waals surface area contributed by atoms with Crippen molar-refractivity contribution in [2.75, 3.05) is 10.6 Å². The average Bonchev–Trinajstić information content (AvgIpc) is 2.65. The van der Waals surface area contributed by atoms with Gasteiger partial charge in [-0.1, -0.05) is 37.3 Å². The second-order valence-corrected chi connectivity index (χ2v) is 5.85. The lowest BCUT2D eigenvalue weighted by atomic mass is 10.1. The fourth-order valence-electron chi connectivity index (χ4n) is 2.62. The first kappa shape index (κ1) is 17.4. The van der Waals surface area contributed by atoms with E-state index in [1.54, 1.807) is 25.2 Å². The highest BCUT2D eigenvalue weighted by molar-refractivity contribution is 6.00. The van der Waals surface area contributed by atoms with Gasteiger partial charge in [-0.05, 0) is 36.2 Å². The minimum absolute atomic E-state index is 0.156. The number of hydrogen-bond donors (Lipinski definition) is 2. The molecule has 0 saturated carbocycles. The molecule has 0 atom stereocenters. The molecule has 0 bridgehead atoms. The molecule has 0 aliphatic carbocycles. The summed E-state index contributed by atoms with van der Waals surface area (Å²) in [5.74, 6) is 0. The lowest BCUT2D eigenvalue weighted by Gasteiger charge is -2.11. The number of aromatic nitrogens is 2. The highest BCUT2D eigenvalue weighted by Gasteiger charge is 2.07. The number of anilines is 2. The maximum Gasteiger partial charge on any atom is 0.323 e. The Morgan fingerprint density at radius 2 is 1.73 bits per heavy atom. The molecule has 1 aromatic heterocycles. The van der Waals surface area contributed by atoms with Crippen LogP contribution in [0, 0.1) is 0 Å². The van der Waals surface area contributed by atoms with Crippen LogP contribution >= 0.6 is 0 Å². The lowest BCUT2D eigenvalue weighted by Crippen LogP contribution is -2.20. The highest BCUT2D eigenvalue weighted by Crippen LogP contribution is 2.19. The molecule has 0 unspecified atom stereocenters. The van der Waals surface area contributed by atoms with Crippen LogP contribution in [-0.2, 0) is 13.5 Å². The van der Waals surface area contributed by atoms with Gasteiger partial charge < -0.3 is 10.6 Å². The lowest BCUT2D eigenvalue weighted by molar-refractivity contribution is 0.262. The van der Waals surface area contributed by atoms with Crippen molar-refractivity contribution < 1.29 is 4.79 Å². The van der Waals surface area contributed by atoms with Gasteiger partial charge in [0.05, 0.1) is 5.69 Å². The van der Waals surface area contributed by atoms with Crippen molar-refractivity contribution in [3.8, 4) is 11.3 Å². The molecule has 6 heteroatoms. The molecule has 132 valence electrons. The molecule has 26 heavy (non-hydrogen) atoms. The molecule has 1 heterocycles. The van der Waals surface area contributed by atoms with Crippen molar-refractivity contribution in [2.45, 2.75) is 13.3 Å². The first-order valence-electron chi connectivity index (χ1n) is 8.37. The Labute approximate surface area is 151 Å². The van der Waals surface area contributed by atoms with Crippen LogP contribution in [0.15, 0.2) is 65.5 Å². The van der Waals surface area contributed by atoms with Gasteiger partial charge in [0, 0.05) is 30.1 Å². The van der Waals surface area contributed by atoms with E-state index in [9.17, 15) is 9.59 Å². The molecular weight excluding hydrogens is 328 g/mol. The van der Waals surface area contributed by atoms with Crippen LogP contribution < -0.4 is 16.2 Å². The van der Waals surface area contributed by atoms with Crippen LogP contribution in [0.5, 0.6) is 0 Å². The number of amides is 2. The summed E-state index contributed by atoms with van der Waals surface area (Å²) in [5.41, 5.74) is 3.96. The number of benzene rings is 2. The van der Waals surface area contributed by atoms with Gasteiger partial charge in [-0.15, -0.1) is 0 Å². The molecule has 6 nitrogen and oxygen atoms in total. The number of carbonyl (C=O) groups excluding carboxylic acids is 1. The van der Waals surface area contributed by atoms with Gasteiger partial charge in [0.15, 0.2) is 0 Å². The monoisotopic (exact) mass is 348 g/mol. The van der Waals surface area contributed by atoms with Gasteiger partial charge in [0.1, 0.15) is 0 Å². The van der Waals surface area contributed by atoms with Gasteiger partial charge >= 0.3 is 6.03 Å². The largest absolute Gasteiger partial charge is 0.323 e. The van der Waals surface area contributed by atoms with Crippen molar-refractivity contribution in [3.05, 3.63) is 76.6 Å². The Morgan fingerprint density at radius 1 is 1.00 bits per heavy atom. The van der Waals surface area contributed by atoms with E-state index in [0.717, 1.165) is 23.2 Å². The Bertz CT molecular complexity index is 978. The van der Waals surface area contributed by atoms with Gasteiger partial charge in [0.2, 0.25) is 0 Å². The standard InChI is InChI=1S/C20H20N4O2/c1-3-14-6-4-5-7-17(14)22-20(26)21-16-10-8-15(9-11-16)18-12-13-19(25)24(2)23-18/h4-13H,3H2,1-2H3,(H2,21,22,26). The molecule has 0 aliphatic heterocycles. The first-order valence-corrected chi connectivity index (χ1v) is 8.37. The molecule has 2 N–H and O–H groups in total. The summed E-state index contributed by atoms with van der Waals surface area (Å²) in [4.78, 5) is 23.6. The van der Waals surface area contributed by atoms with Crippen LogP contribution in [0.1, 0.15) is 12.5 Å². The van der Waals surface area contributed by atoms with Crippen molar-refractivity contribution in [1.29, 1.82) is 0 Å². The van der Waals surface area contributed by atoms with E-state index >= 15 is 0 Å². The topological polar surface area (TPSA) is 76.0 Å². The third-order valence-corrected chi connectivity index (χ3v) is 4.05. The smallest absolute Gasteiger partial charge is 0.308 e. The van der Waals surface area contributed by atoms with Crippen LogP contribution in [-0.4, -0.2) is 15.8 Å². The minimum Gasteiger partial charge on any atom is -0.308 e. The van der Waals surface area contributed by atoms with E-state index in [1.165, 1.54) is 10.7 Å². The second kappa shape index (κ2) is 7.65. The fourth-order valence-corrected chi connectivity index (χ4v) is 2.62. The minimum atomic E-state index is -0.293. The Kier molecular flexibility index (Phi) is 5.12. The number of para-hydroxylation sites is 1. The van der Waals surface area contributed by atoms with Crippen molar-refractivity contribution in [3.63, 3.8) is 0 Å². The first-order chi connectivity index (χ1) is 12.6. The van der Waals surface area contributed by atoms with Crippen molar-refractivity contribution in [1.82, 2.24) is 9.78 Å². The highest BCUT2D eigenvalue weighted by atomic mass is 16.2. The Hall–Kier alpha value is -3.41. The molecule has 0 spiro atoms. The average molecular weight is 348 g/mol.